The Hall–Kier alpha value is -1.72. The molecule has 6 heteroatoms. The van der Waals surface area contributed by atoms with Crippen LogP contribution in [0.1, 0.15) is 43.2 Å². The van der Waals surface area contributed by atoms with Crippen molar-refractivity contribution in [1.82, 2.24) is 0 Å². The van der Waals surface area contributed by atoms with E-state index in [1.165, 1.54) is 13.2 Å². The highest BCUT2D eigenvalue weighted by Gasteiger charge is 2.43. The molecular weight excluding hydrogens is 285 g/mol. The van der Waals surface area contributed by atoms with Gasteiger partial charge in [0, 0.05) is 0 Å². The van der Waals surface area contributed by atoms with Crippen LogP contribution in [0.25, 0.3) is 0 Å². The van der Waals surface area contributed by atoms with Gasteiger partial charge in [-0.2, -0.15) is 13.2 Å². The third-order valence-electron chi connectivity index (χ3n) is 4.14. The van der Waals surface area contributed by atoms with E-state index in [2.05, 4.69) is 0 Å². The minimum Gasteiger partial charge on any atom is -0.497 e. The van der Waals surface area contributed by atoms with Crippen LogP contribution in [0.2, 0.25) is 0 Å². The maximum atomic E-state index is 13.0. The number of aliphatic carboxylic acids is 1. The SMILES string of the molecule is COc1cc(C(F)(F)F)cc(C2(C(=O)O)CCCCC2)c1. The van der Waals surface area contributed by atoms with Gasteiger partial charge in [-0.1, -0.05) is 19.3 Å². The number of methoxy groups -OCH3 is 1. The van der Waals surface area contributed by atoms with E-state index in [4.69, 9.17) is 4.74 Å². The summed E-state index contributed by atoms with van der Waals surface area (Å²) in [7, 11) is 1.27. The number of hydrogen-bond donors (Lipinski definition) is 1. The Balaban J connectivity index is 2.57. The minimum absolute atomic E-state index is 0.0334. The molecule has 0 bridgehead atoms. The highest BCUT2D eigenvalue weighted by molar-refractivity contribution is 5.81. The van der Waals surface area contributed by atoms with Crippen LogP contribution in [0.4, 0.5) is 13.2 Å². The lowest BCUT2D eigenvalue weighted by Crippen LogP contribution is -2.38. The summed E-state index contributed by atoms with van der Waals surface area (Å²) in [6.45, 7) is 0. The molecule has 3 nitrogen and oxygen atoms in total. The van der Waals surface area contributed by atoms with Crippen molar-refractivity contribution in [2.45, 2.75) is 43.7 Å². The lowest BCUT2D eigenvalue weighted by atomic mass is 9.69. The summed E-state index contributed by atoms with van der Waals surface area (Å²) in [6.07, 6.45) is -1.52. The molecule has 1 fully saturated rings. The molecule has 1 saturated carbocycles. The molecule has 0 aromatic heterocycles. The fourth-order valence-corrected chi connectivity index (χ4v) is 2.94. The maximum Gasteiger partial charge on any atom is 0.416 e. The topological polar surface area (TPSA) is 46.5 Å². The van der Waals surface area contributed by atoms with Gasteiger partial charge in [-0.25, -0.2) is 0 Å². The van der Waals surface area contributed by atoms with Gasteiger partial charge in [-0.15, -0.1) is 0 Å². The van der Waals surface area contributed by atoms with Gasteiger partial charge in [0.25, 0.3) is 0 Å². The fourth-order valence-electron chi connectivity index (χ4n) is 2.94. The molecule has 1 aromatic rings. The zero-order chi connectivity index (χ0) is 15.7. The molecule has 0 amide bonds. The van der Waals surface area contributed by atoms with Crippen molar-refractivity contribution in [3.8, 4) is 5.75 Å². The first-order chi connectivity index (χ1) is 9.79. The Labute approximate surface area is 120 Å². The molecule has 0 heterocycles. The average Bonchev–Trinajstić information content (AvgIpc) is 2.46. The van der Waals surface area contributed by atoms with Crippen LogP contribution in [0, 0.1) is 0 Å². The van der Waals surface area contributed by atoms with E-state index in [0.29, 0.717) is 25.7 Å². The number of alkyl halides is 3. The molecule has 1 aliphatic carbocycles. The van der Waals surface area contributed by atoms with Gasteiger partial charge in [-0.3, -0.25) is 4.79 Å². The van der Waals surface area contributed by atoms with Crippen LogP contribution in [0.3, 0.4) is 0 Å². The number of benzene rings is 1. The van der Waals surface area contributed by atoms with Gasteiger partial charge in [0.2, 0.25) is 0 Å². The molecule has 0 spiro atoms. The van der Waals surface area contributed by atoms with Crippen molar-refractivity contribution in [3.63, 3.8) is 0 Å². The Morgan fingerprint density at radius 1 is 1.19 bits per heavy atom. The minimum atomic E-state index is -4.53. The largest absolute Gasteiger partial charge is 0.497 e. The van der Waals surface area contributed by atoms with Crippen molar-refractivity contribution < 1.29 is 27.8 Å². The van der Waals surface area contributed by atoms with Crippen molar-refractivity contribution in [2.24, 2.45) is 0 Å². The molecule has 0 atom stereocenters. The highest BCUT2D eigenvalue weighted by Crippen LogP contribution is 2.43. The van der Waals surface area contributed by atoms with E-state index >= 15 is 0 Å². The van der Waals surface area contributed by atoms with Crippen LogP contribution < -0.4 is 4.74 Å². The number of hydrogen-bond acceptors (Lipinski definition) is 2. The molecule has 0 unspecified atom stereocenters. The number of halogens is 3. The smallest absolute Gasteiger partial charge is 0.416 e. The maximum absolute atomic E-state index is 13.0. The molecule has 21 heavy (non-hydrogen) atoms. The molecule has 1 aromatic carbocycles. The Morgan fingerprint density at radius 3 is 2.29 bits per heavy atom. The van der Waals surface area contributed by atoms with Crippen molar-refractivity contribution in [2.75, 3.05) is 7.11 Å². The van der Waals surface area contributed by atoms with Gasteiger partial charge >= 0.3 is 12.1 Å². The van der Waals surface area contributed by atoms with Crippen LogP contribution in [0.5, 0.6) is 5.75 Å². The quantitative estimate of drug-likeness (QED) is 0.918. The average molecular weight is 302 g/mol. The van der Waals surface area contributed by atoms with Crippen LogP contribution in [-0.4, -0.2) is 18.2 Å². The summed E-state index contributed by atoms with van der Waals surface area (Å²) in [5.74, 6) is -1.03. The van der Waals surface area contributed by atoms with E-state index in [1.807, 2.05) is 0 Å². The number of carboxylic acids is 1. The first-order valence-electron chi connectivity index (χ1n) is 6.80. The molecule has 2 rings (SSSR count). The highest BCUT2D eigenvalue weighted by atomic mass is 19.4. The standard InChI is InChI=1S/C15H17F3O3/c1-21-12-8-10(7-11(9-12)15(16,17)18)14(13(19)20)5-3-2-4-6-14/h7-9H,2-6H2,1H3,(H,19,20). The second-order valence-electron chi connectivity index (χ2n) is 5.40. The summed E-state index contributed by atoms with van der Waals surface area (Å²) in [6, 6.07) is 3.25. The Morgan fingerprint density at radius 2 is 1.81 bits per heavy atom. The summed E-state index contributed by atoms with van der Waals surface area (Å²) >= 11 is 0. The Kier molecular flexibility index (Phi) is 4.16. The third-order valence-corrected chi connectivity index (χ3v) is 4.14. The van der Waals surface area contributed by atoms with Gasteiger partial charge in [0.1, 0.15) is 5.75 Å². The predicted octanol–water partition coefficient (Wildman–Crippen LogP) is 4.00. The van der Waals surface area contributed by atoms with Gasteiger partial charge in [0.15, 0.2) is 0 Å². The van der Waals surface area contributed by atoms with Gasteiger partial charge < -0.3 is 9.84 Å². The molecule has 0 saturated heterocycles. The van der Waals surface area contributed by atoms with Gasteiger partial charge in [0.05, 0.1) is 18.1 Å². The van der Waals surface area contributed by atoms with Gasteiger partial charge in [-0.05, 0) is 36.6 Å². The zero-order valence-corrected chi connectivity index (χ0v) is 11.7. The first-order valence-corrected chi connectivity index (χ1v) is 6.80. The number of carboxylic acid groups (broad SMARTS) is 1. The molecule has 1 N–H and O–H groups in total. The number of carbonyl (C=O) groups is 1. The fraction of sp³-hybridized carbons (Fsp3) is 0.533. The lowest BCUT2D eigenvalue weighted by Gasteiger charge is -2.34. The third kappa shape index (κ3) is 2.99. The van der Waals surface area contributed by atoms with E-state index in [1.54, 1.807) is 0 Å². The van der Waals surface area contributed by atoms with Crippen molar-refractivity contribution in [3.05, 3.63) is 29.3 Å². The van der Waals surface area contributed by atoms with E-state index in [-0.39, 0.29) is 11.3 Å². The first kappa shape index (κ1) is 15.7. The molecule has 1 aliphatic rings. The van der Waals surface area contributed by atoms with Crippen molar-refractivity contribution in [1.29, 1.82) is 0 Å². The Bertz CT molecular complexity index is 531. The van der Waals surface area contributed by atoms with E-state index in [0.717, 1.165) is 18.6 Å². The molecule has 116 valence electrons. The molecule has 0 radical (unpaired) electrons. The monoisotopic (exact) mass is 302 g/mol. The summed E-state index contributed by atoms with van der Waals surface area (Å²) in [5.41, 5.74) is -1.93. The number of rotatable bonds is 3. The molecule has 0 aliphatic heterocycles. The van der Waals surface area contributed by atoms with Crippen LogP contribution >= 0.6 is 0 Å². The van der Waals surface area contributed by atoms with Crippen LogP contribution in [0.15, 0.2) is 18.2 Å². The van der Waals surface area contributed by atoms with Crippen LogP contribution in [-0.2, 0) is 16.4 Å². The van der Waals surface area contributed by atoms with Crippen molar-refractivity contribution >= 4 is 5.97 Å². The lowest BCUT2D eigenvalue weighted by molar-refractivity contribution is -0.146. The van der Waals surface area contributed by atoms with E-state index in [9.17, 15) is 23.1 Å². The predicted molar refractivity (Wildman–Crippen MR) is 70.4 cm³/mol. The normalized spacial score (nSPS) is 18.3. The van der Waals surface area contributed by atoms with E-state index < -0.39 is 23.1 Å². The number of ether oxygens (including phenoxy) is 1. The summed E-state index contributed by atoms with van der Waals surface area (Å²) in [4.78, 5) is 11.7. The summed E-state index contributed by atoms with van der Waals surface area (Å²) in [5, 5.41) is 9.58. The second kappa shape index (κ2) is 5.58. The zero-order valence-electron chi connectivity index (χ0n) is 11.7. The molecular formula is C15H17F3O3. The summed E-state index contributed by atoms with van der Waals surface area (Å²) < 4.78 is 43.8. The second-order valence-corrected chi connectivity index (χ2v) is 5.40.